The second-order valence-electron chi connectivity index (χ2n) is 3.73. The lowest BCUT2D eigenvalue weighted by atomic mass is 10.1. The first kappa shape index (κ1) is 12.7. The predicted molar refractivity (Wildman–Crippen MR) is 70.5 cm³/mol. The molecule has 0 radical (unpaired) electrons. The van der Waals surface area contributed by atoms with E-state index < -0.39 is 0 Å². The highest BCUT2D eigenvalue weighted by molar-refractivity contribution is 8.07. The molecule has 1 heterocycles. The van der Waals surface area contributed by atoms with Crippen molar-refractivity contribution in [2.45, 2.75) is 50.2 Å². The second kappa shape index (κ2) is 7.02. The lowest BCUT2D eigenvalue weighted by Crippen LogP contribution is -2.44. The zero-order chi connectivity index (χ0) is 10.4. The van der Waals surface area contributed by atoms with Crippen molar-refractivity contribution >= 4 is 23.5 Å². The summed E-state index contributed by atoms with van der Waals surface area (Å²) in [5.74, 6) is 2.69. The van der Waals surface area contributed by atoms with Crippen molar-refractivity contribution in [1.29, 1.82) is 0 Å². The van der Waals surface area contributed by atoms with E-state index in [0.717, 1.165) is 23.1 Å². The molecule has 1 rings (SSSR count). The molecule has 0 aromatic carbocycles. The molecule has 3 heteroatoms. The maximum Gasteiger partial charge on any atom is 0.0320 e. The van der Waals surface area contributed by atoms with Gasteiger partial charge in [-0.1, -0.05) is 20.8 Å². The molecule has 3 unspecified atom stereocenters. The Morgan fingerprint density at radius 1 is 1.21 bits per heavy atom. The molecule has 84 valence electrons. The van der Waals surface area contributed by atoms with Crippen LogP contribution in [-0.2, 0) is 0 Å². The highest BCUT2D eigenvalue weighted by Crippen LogP contribution is 2.35. The van der Waals surface area contributed by atoms with Crippen LogP contribution in [0, 0.1) is 0 Å². The molecule has 0 aromatic rings. The van der Waals surface area contributed by atoms with Gasteiger partial charge in [-0.15, -0.1) is 0 Å². The van der Waals surface area contributed by atoms with E-state index in [0.29, 0.717) is 0 Å². The van der Waals surface area contributed by atoms with E-state index >= 15 is 0 Å². The Bertz CT molecular complexity index is 152. The van der Waals surface area contributed by atoms with Crippen LogP contribution in [-0.4, -0.2) is 34.6 Å². The summed E-state index contributed by atoms with van der Waals surface area (Å²) in [7, 11) is 0. The zero-order valence-electron chi connectivity index (χ0n) is 9.58. The molecule has 0 aromatic heterocycles. The fourth-order valence-corrected chi connectivity index (χ4v) is 5.43. The van der Waals surface area contributed by atoms with E-state index in [1.807, 2.05) is 0 Å². The van der Waals surface area contributed by atoms with Gasteiger partial charge in [-0.3, -0.25) is 0 Å². The third kappa shape index (κ3) is 3.35. The first-order valence-corrected chi connectivity index (χ1v) is 7.89. The fourth-order valence-electron chi connectivity index (χ4n) is 2.07. The van der Waals surface area contributed by atoms with Crippen LogP contribution < -0.4 is 5.32 Å². The summed E-state index contributed by atoms with van der Waals surface area (Å²) in [5.41, 5.74) is 0. The van der Waals surface area contributed by atoms with Crippen molar-refractivity contribution in [2.75, 3.05) is 18.1 Å². The van der Waals surface area contributed by atoms with Gasteiger partial charge in [0, 0.05) is 28.0 Å². The van der Waals surface area contributed by atoms with E-state index in [1.165, 1.54) is 24.3 Å². The quantitative estimate of drug-likeness (QED) is 0.784. The molecule has 0 amide bonds. The summed E-state index contributed by atoms with van der Waals surface area (Å²) < 4.78 is 0. The van der Waals surface area contributed by atoms with Crippen LogP contribution in [0.2, 0.25) is 0 Å². The van der Waals surface area contributed by atoms with Gasteiger partial charge >= 0.3 is 0 Å². The van der Waals surface area contributed by atoms with E-state index in [1.54, 1.807) is 0 Å². The summed E-state index contributed by atoms with van der Waals surface area (Å²) in [4.78, 5) is 0. The second-order valence-corrected chi connectivity index (χ2v) is 6.36. The van der Waals surface area contributed by atoms with Gasteiger partial charge in [-0.25, -0.2) is 0 Å². The van der Waals surface area contributed by atoms with Gasteiger partial charge < -0.3 is 5.32 Å². The van der Waals surface area contributed by atoms with Gasteiger partial charge in [-0.2, -0.15) is 23.5 Å². The first-order valence-electron chi connectivity index (χ1n) is 5.80. The normalized spacial score (nSPS) is 30.2. The number of thioether (sulfide) groups is 2. The van der Waals surface area contributed by atoms with Crippen molar-refractivity contribution in [3.63, 3.8) is 0 Å². The van der Waals surface area contributed by atoms with E-state index in [4.69, 9.17) is 0 Å². The average molecular weight is 233 g/mol. The molecule has 0 aliphatic carbocycles. The van der Waals surface area contributed by atoms with Crippen LogP contribution in [0.3, 0.4) is 0 Å². The van der Waals surface area contributed by atoms with Gasteiger partial charge in [0.2, 0.25) is 0 Å². The molecule has 1 fully saturated rings. The lowest BCUT2D eigenvalue weighted by Gasteiger charge is -2.35. The Kier molecular flexibility index (Phi) is 6.38. The van der Waals surface area contributed by atoms with Crippen LogP contribution in [0.5, 0.6) is 0 Å². The zero-order valence-corrected chi connectivity index (χ0v) is 11.2. The third-order valence-corrected chi connectivity index (χ3v) is 6.20. The Morgan fingerprint density at radius 3 is 2.50 bits per heavy atom. The van der Waals surface area contributed by atoms with Crippen LogP contribution in [0.25, 0.3) is 0 Å². The lowest BCUT2D eigenvalue weighted by molar-refractivity contribution is 0.480. The van der Waals surface area contributed by atoms with Crippen LogP contribution in [0.1, 0.15) is 33.6 Å². The highest BCUT2D eigenvalue weighted by Gasteiger charge is 2.30. The van der Waals surface area contributed by atoms with Crippen LogP contribution in [0.15, 0.2) is 0 Å². The maximum absolute atomic E-state index is 3.63. The topological polar surface area (TPSA) is 12.0 Å². The first-order chi connectivity index (χ1) is 6.83. The molecular formula is C11H23NS2. The molecule has 1 aliphatic heterocycles. The Labute approximate surface area is 97.2 Å². The molecule has 0 spiro atoms. The minimum Gasteiger partial charge on any atom is -0.313 e. The summed E-state index contributed by atoms with van der Waals surface area (Å²) in [5, 5.41) is 5.34. The molecule has 1 aliphatic rings. The Morgan fingerprint density at radius 2 is 1.93 bits per heavy atom. The van der Waals surface area contributed by atoms with Crippen molar-refractivity contribution in [2.24, 2.45) is 0 Å². The molecule has 1 nitrogen and oxygen atoms in total. The standard InChI is InChI=1S/C11H23NS2/c1-4-9(12-6-3)11-10(5-2)13-7-8-14-11/h9-12H,4-8H2,1-3H3. The average Bonchev–Trinajstić information content (AvgIpc) is 2.26. The third-order valence-electron chi connectivity index (χ3n) is 2.80. The number of rotatable bonds is 5. The van der Waals surface area contributed by atoms with E-state index in [-0.39, 0.29) is 0 Å². The minimum absolute atomic E-state index is 0.725. The minimum atomic E-state index is 0.725. The molecule has 1 N–H and O–H groups in total. The van der Waals surface area contributed by atoms with E-state index in [2.05, 4.69) is 49.6 Å². The monoisotopic (exact) mass is 233 g/mol. The van der Waals surface area contributed by atoms with Crippen molar-refractivity contribution in [1.82, 2.24) is 5.32 Å². The summed E-state index contributed by atoms with van der Waals surface area (Å²) in [6.45, 7) is 7.95. The van der Waals surface area contributed by atoms with Gasteiger partial charge in [0.15, 0.2) is 0 Å². The molecule has 0 saturated carbocycles. The summed E-state index contributed by atoms with van der Waals surface area (Å²) >= 11 is 4.37. The predicted octanol–water partition coefficient (Wildman–Crippen LogP) is 3.00. The smallest absolute Gasteiger partial charge is 0.0320 e. The van der Waals surface area contributed by atoms with Crippen molar-refractivity contribution in [3.05, 3.63) is 0 Å². The SMILES string of the molecule is CCNC(CC)C1SCCSC1CC. The summed E-state index contributed by atoms with van der Waals surface area (Å²) in [6, 6.07) is 0.725. The van der Waals surface area contributed by atoms with E-state index in [9.17, 15) is 0 Å². The highest BCUT2D eigenvalue weighted by atomic mass is 32.2. The van der Waals surface area contributed by atoms with Crippen LogP contribution >= 0.6 is 23.5 Å². The number of hydrogen-bond donors (Lipinski definition) is 1. The van der Waals surface area contributed by atoms with Gasteiger partial charge in [0.1, 0.15) is 0 Å². The van der Waals surface area contributed by atoms with Gasteiger partial charge in [0.25, 0.3) is 0 Å². The summed E-state index contributed by atoms with van der Waals surface area (Å²) in [6.07, 6.45) is 2.59. The Balaban J connectivity index is 2.51. The van der Waals surface area contributed by atoms with Gasteiger partial charge in [-0.05, 0) is 19.4 Å². The molecule has 14 heavy (non-hydrogen) atoms. The largest absolute Gasteiger partial charge is 0.313 e. The maximum atomic E-state index is 3.63. The molecule has 0 bridgehead atoms. The van der Waals surface area contributed by atoms with Crippen molar-refractivity contribution < 1.29 is 0 Å². The number of hydrogen-bond acceptors (Lipinski definition) is 3. The molecule has 3 atom stereocenters. The van der Waals surface area contributed by atoms with Crippen molar-refractivity contribution in [3.8, 4) is 0 Å². The molecular weight excluding hydrogens is 210 g/mol. The van der Waals surface area contributed by atoms with Gasteiger partial charge in [0.05, 0.1) is 0 Å². The molecule has 1 saturated heterocycles. The fraction of sp³-hybridized carbons (Fsp3) is 1.00. The Hall–Kier alpha value is 0.660. The number of nitrogens with one attached hydrogen (secondary N) is 1. The van der Waals surface area contributed by atoms with Crippen LogP contribution in [0.4, 0.5) is 0 Å².